The minimum absolute atomic E-state index is 0.113. The number of benzene rings is 2. The summed E-state index contributed by atoms with van der Waals surface area (Å²) in [5.74, 6) is -2.52. The van der Waals surface area contributed by atoms with Crippen molar-refractivity contribution >= 4 is 15.9 Å². The SMILES string of the molecule is O=C(CNS(=O)(=O)c1cccc(C(F)(F)F)c1)NCc1cc(F)cc(F)c1. The van der Waals surface area contributed by atoms with Crippen LogP contribution in [0.4, 0.5) is 22.0 Å². The van der Waals surface area contributed by atoms with Crippen molar-refractivity contribution in [3.05, 3.63) is 65.2 Å². The number of sulfonamides is 1. The number of nitrogens with one attached hydrogen (secondary N) is 2. The number of carbonyl (C=O) groups is 1. The van der Waals surface area contributed by atoms with Crippen molar-refractivity contribution < 1.29 is 35.2 Å². The Hall–Kier alpha value is -2.53. The molecule has 0 heterocycles. The molecule has 0 saturated carbocycles. The fourth-order valence-electron chi connectivity index (χ4n) is 2.06. The van der Waals surface area contributed by atoms with Crippen LogP contribution in [-0.4, -0.2) is 20.9 Å². The predicted octanol–water partition coefficient (Wildman–Crippen LogP) is 2.58. The van der Waals surface area contributed by atoms with Gasteiger partial charge in [-0.05, 0) is 35.9 Å². The first kappa shape index (κ1) is 20.8. The fraction of sp³-hybridized carbons (Fsp3) is 0.188. The van der Waals surface area contributed by atoms with Gasteiger partial charge in [0.15, 0.2) is 0 Å². The lowest BCUT2D eigenvalue weighted by Gasteiger charge is -2.10. The van der Waals surface area contributed by atoms with Gasteiger partial charge in [-0.3, -0.25) is 4.79 Å². The van der Waals surface area contributed by atoms with Crippen LogP contribution in [0.1, 0.15) is 11.1 Å². The zero-order valence-electron chi connectivity index (χ0n) is 13.5. The molecule has 146 valence electrons. The molecule has 2 aromatic rings. The van der Waals surface area contributed by atoms with Gasteiger partial charge in [0.25, 0.3) is 0 Å². The smallest absolute Gasteiger partial charge is 0.351 e. The van der Waals surface area contributed by atoms with Gasteiger partial charge in [-0.15, -0.1) is 0 Å². The quantitative estimate of drug-likeness (QED) is 0.722. The minimum atomic E-state index is -4.72. The van der Waals surface area contributed by atoms with E-state index in [1.807, 2.05) is 4.72 Å². The number of hydrogen-bond acceptors (Lipinski definition) is 3. The summed E-state index contributed by atoms with van der Waals surface area (Å²) in [5.41, 5.74) is -1.04. The number of carbonyl (C=O) groups excluding carboxylic acids is 1. The predicted molar refractivity (Wildman–Crippen MR) is 84.8 cm³/mol. The Morgan fingerprint density at radius 3 is 2.22 bits per heavy atom. The van der Waals surface area contributed by atoms with E-state index < -0.39 is 50.7 Å². The van der Waals surface area contributed by atoms with Gasteiger partial charge in [0.1, 0.15) is 11.6 Å². The second-order valence-corrected chi connectivity index (χ2v) is 7.17. The molecule has 2 rings (SSSR count). The Morgan fingerprint density at radius 1 is 1.00 bits per heavy atom. The molecule has 0 bridgehead atoms. The molecule has 0 spiro atoms. The number of alkyl halides is 3. The Morgan fingerprint density at radius 2 is 1.63 bits per heavy atom. The number of rotatable bonds is 6. The van der Waals surface area contributed by atoms with E-state index in [-0.39, 0.29) is 12.1 Å². The van der Waals surface area contributed by atoms with Crippen molar-refractivity contribution in [1.82, 2.24) is 10.0 Å². The summed E-state index contributed by atoms with van der Waals surface area (Å²) in [5, 5.41) is 2.23. The molecule has 0 saturated heterocycles. The molecule has 0 radical (unpaired) electrons. The summed E-state index contributed by atoms with van der Waals surface area (Å²) in [7, 11) is -4.37. The summed E-state index contributed by atoms with van der Waals surface area (Å²) in [6.45, 7) is -1.03. The number of hydrogen-bond donors (Lipinski definition) is 2. The van der Waals surface area contributed by atoms with Crippen LogP contribution in [0, 0.1) is 11.6 Å². The van der Waals surface area contributed by atoms with Gasteiger partial charge in [-0.25, -0.2) is 21.9 Å². The lowest BCUT2D eigenvalue weighted by atomic mass is 10.2. The molecule has 0 aliphatic carbocycles. The van der Waals surface area contributed by atoms with Crippen LogP contribution in [0.25, 0.3) is 0 Å². The Bertz CT molecular complexity index is 925. The van der Waals surface area contributed by atoms with Gasteiger partial charge in [0.05, 0.1) is 17.0 Å². The van der Waals surface area contributed by atoms with Crippen LogP contribution >= 0.6 is 0 Å². The Balaban J connectivity index is 1.97. The van der Waals surface area contributed by atoms with Crippen molar-refractivity contribution in [3.8, 4) is 0 Å². The molecule has 5 nitrogen and oxygen atoms in total. The number of halogens is 5. The van der Waals surface area contributed by atoms with Crippen molar-refractivity contribution in [3.63, 3.8) is 0 Å². The van der Waals surface area contributed by atoms with Crippen molar-refractivity contribution in [2.45, 2.75) is 17.6 Å². The molecule has 0 unspecified atom stereocenters. The lowest BCUT2D eigenvalue weighted by molar-refractivity contribution is -0.137. The molecule has 2 aromatic carbocycles. The summed E-state index contributed by atoms with van der Waals surface area (Å²) in [4.78, 5) is 11.0. The first-order chi connectivity index (χ1) is 12.5. The second-order valence-electron chi connectivity index (χ2n) is 5.40. The van der Waals surface area contributed by atoms with E-state index in [9.17, 15) is 35.2 Å². The average Bonchev–Trinajstić information content (AvgIpc) is 2.57. The fourth-order valence-corrected chi connectivity index (χ4v) is 3.09. The standard InChI is InChI=1S/C16H13F5N2O3S/c17-12-4-10(5-13(18)7-12)8-22-15(24)9-23-27(25,26)14-3-1-2-11(6-14)16(19,20)21/h1-7,23H,8-9H2,(H,22,24). The van der Waals surface area contributed by atoms with E-state index >= 15 is 0 Å². The zero-order chi connectivity index (χ0) is 20.2. The van der Waals surface area contributed by atoms with Crippen molar-refractivity contribution in [2.24, 2.45) is 0 Å². The topological polar surface area (TPSA) is 75.3 Å². The van der Waals surface area contributed by atoms with Crippen LogP contribution in [0.5, 0.6) is 0 Å². The number of amides is 1. The maximum atomic E-state index is 13.0. The van der Waals surface area contributed by atoms with Crippen molar-refractivity contribution in [2.75, 3.05) is 6.54 Å². The molecule has 2 N–H and O–H groups in total. The average molecular weight is 408 g/mol. The summed E-state index contributed by atoms with van der Waals surface area (Å²) < 4.78 is 89.9. The van der Waals surface area contributed by atoms with Gasteiger partial charge >= 0.3 is 6.18 Å². The highest BCUT2D eigenvalue weighted by molar-refractivity contribution is 7.89. The zero-order valence-corrected chi connectivity index (χ0v) is 14.3. The molecule has 1 amide bonds. The second kappa shape index (κ2) is 8.01. The van der Waals surface area contributed by atoms with E-state index in [1.54, 1.807) is 0 Å². The molecule has 0 aliphatic heterocycles. The maximum Gasteiger partial charge on any atom is 0.416 e. The van der Waals surface area contributed by atoms with Crippen molar-refractivity contribution in [1.29, 1.82) is 0 Å². The molecule has 27 heavy (non-hydrogen) atoms. The minimum Gasteiger partial charge on any atom is -0.351 e. The van der Waals surface area contributed by atoms with Gasteiger partial charge in [-0.1, -0.05) is 6.07 Å². The van der Waals surface area contributed by atoms with Crippen LogP contribution in [-0.2, 0) is 27.5 Å². The van der Waals surface area contributed by atoms with E-state index in [1.165, 1.54) is 0 Å². The molecule has 0 aliphatic rings. The summed E-state index contributed by atoms with van der Waals surface area (Å²) >= 11 is 0. The lowest BCUT2D eigenvalue weighted by Crippen LogP contribution is -2.36. The Kier molecular flexibility index (Phi) is 6.16. The first-order valence-corrected chi connectivity index (χ1v) is 8.84. The van der Waals surface area contributed by atoms with Crippen LogP contribution in [0.15, 0.2) is 47.4 Å². The molecule has 0 atom stereocenters. The summed E-state index contributed by atoms with van der Waals surface area (Å²) in [6, 6.07) is 5.64. The third-order valence-electron chi connectivity index (χ3n) is 3.31. The summed E-state index contributed by atoms with van der Waals surface area (Å²) in [6.07, 6.45) is -4.72. The van der Waals surface area contributed by atoms with E-state index in [0.717, 1.165) is 24.3 Å². The molecule has 11 heteroatoms. The third kappa shape index (κ3) is 6.00. The molecule has 0 fully saturated rings. The highest BCUT2D eigenvalue weighted by Gasteiger charge is 2.31. The van der Waals surface area contributed by atoms with Crippen LogP contribution in [0.3, 0.4) is 0 Å². The van der Waals surface area contributed by atoms with E-state index in [4.69, 9.17) is 0 Å². The maximum absolute atomic E-state index is 13.0. The van der Waals surface area contributed by atoms with Crippen LogP contribution in [0.2, 0.25) is 0 Å². The van der Waals surface area contributed by atoms with Gasteiger partial charge in [0.2, 0.25) is 15.9 Å². The normalized spacial score (nSPS) is 12.0. The molecule has 0 aromatic heterocycles. The van der Waals surface area contributed by atoms with Gasteiger partial charge in [-0.2, -0.15) is 13.2 Å². The van der Waals surface area contributed by atoms with E-state index in [2.05, 4.69) is 5.32 Å². The molecular weight excluding hydrogens is 395 g/mol. The highest BCUT2D eigenvalue weighted by Crippen LogP contribution is 2.30. The monoisotopic (exact) mass is 408 g/mol. The van der Waals surface area contributed by atoms with Gasteiger partial charge < -0.3 is 5.32 Å². The van der Waals surface area contributed by atoms with E-state index in [0.29, 0.717) is 18.2 Å². The third-order valence-corrected chi connectivity index (χ3v) is 4.71. The highest BCUT2D eigenvalue weighted by atomic mass is 32.2. The largest absolute Gasteiger partial charge is 0.416 e. The van der Waals surface area contributed by atoms with Crippen LogP contribution < -0.4 is 10.0 Å². The first-order valence-electron chi connectivity index (χ1n) is 7.36. The molecular formula is C16H13F5N2O3S. The van der Waals surface area contributed by atoms with Gasteiger partial charge in [0, 0.05) is 12.6 Å². The Labute approximate surface area is 151 Å².